The Morgan fingerprint density at radius 3 is 2.54 bits per heavy atom. The number of carbonyl (C=O) groups excluding carboxylic acids is 1. The lowest BCUT2D eigenvalue weighted by atomic mass is 10.1. The molecule has 1 fully saturated rings. The van der Waals surface area contributed by atoms with Crippen LogP contribution in [0.1, 0.15) is 34.1 Å². The molecule has 2 heterocycles. The van der Waals surface area contributed by atoms with E-state index in [1.165, 1.54) is 16.4 Å². The first-order valence-corrected chi connectivity index (χ1v) is 10.4. The minimum Gasteiger partial charge on any atom is -0.333 e. The summed E-state index contributed by atoms with van der Waals surface area (Å²) in [5.41, 5.74) is 2.29. The number of rotatable bonds is 3. The second-order valence-corrected chi connectivity index (χ2v) is 8.90. The standard InChI is InChI=1S/C20H22N4O3S/c1-14-10-17(11-21)5-7-19(14)28(26,27)23-8-9-24(16(3)13-23)20(25)18-6-4-15(2)22-12-18/h4-7,10,12,16H,8-9,13H2,1-3H3/t16-/m0/s1. The number of nitriles is 1. The van der Waals surface area contributed by atoms with Gasteiger partial charge in [-0.15, -0.1) is 0 Å². The van der Waals surface area contributed by atoms with Crippen LogP contribution < -0.4 is 0 Å². The van der Waals surface area contributed by atoms with Gasteiger partial charge in [0.15, 0.2) is 0 Å². The summed E-state index contributed by atoms with van der Waals surface area (Å²) < 4.78 is 27.5. The number of pyridine rings is 1. The highest BCUT2D eigenvalue weighted by Crippen LogP contribution is 2.24. The molecule has 0 saturated carbocycles. The smallest absolute Gasteiger partial charge is 0.255 e. The normalized spacial score (nSPS) is 17.9. The van der Waals surface area contributed by atoms with E-state index in [0.29, 0.717) is 23.2 Å². The summed E-state index contributed by atoms with van der Waals surface area (Å²) in [6.45, 7) is 6.12. The molecule has 1 aliphatic heterocycles. The van der Waals surface area contributed by atoms with Crippen LogP contribution in [0.2, 0.25) is 0 Å². The second-order valence-electron chi connectivity index (χ2n) is 6.99. The minimum atomic E-state index is -3.70. The number of sulfonamides is 1. The average Bonchev–Trinajstić information content (AvgIpc) is 2.67. The molecule has 0 unspecified atom stereocenters. The highest BCUT2D eigenvalue weighted by atomic mass is 32.2. The molecule has 1 aliphatic rings. The van der Waals surface area contributed by atoms with Crippen LogP contribution >= 0.6 is 0 Å². The summed E-state index contributed by atoms with van der Waals surface area (Å²) in [5.74, 6) is -0.147. The first-order valence-electron chi connectivity index (χ1n) is 8.98. The molecule has 146 valence electrons. The molecule has 0 bridgehead atoms. The van der Waals surface area contributed by atoms with Gasteiger partial charge in [0.05, 0.1) is 22.1 Å². The van der Waals surface area contributed by atoms with Gasteiger partial charge in [-0.1, -0.05) is 0 Å². The number of carbonyl (C=O) groups is 1. The molecule has 0 spiro atoms. The van der Waals surface area contributed by atoms with Crippen LogP contribution in [0.3, 0.4) is 0 Å². The molecule has 1 atom stereocenters. The minimum absolute atomic E-state index is 0.147. The van der Waals surface area contributed by atoms with Crippen molar-refractivity contribution in [2.45, 2.75) is 31.7 Å². The molecule has 8 heteroatoms. The maximum Gasteiger partial charge on any atom is 0.255 e. The van der Waals surface area contributed by atoms with Crippen LogP contribution in [0.25, 0.3) is 0 Å². The molecule has 3 rings (SSSR count). The van der Waals surface area contributed by atoms with Gasteiger partial charge in [-0.2, -0.15) is 9.57 Å². The molecule has 0 radical (unpaired) electrons. The fraction of sp³-hybridized carbons (Fsp3) is 0.350. The van der Waals surface area contributed by atoms with Gasteiger partial charge in [0.25, 0.3) is 5.91 Å². The van der Waals surface area contributed by atoms with Crippen LogP contribution in [0.4, 0.5) is 0 Å². The van der Waals surface area contributed by atoms with Gasteiger partial charge in [0, 0.05) is 37.6 Å². The number of benzene rings is 1. The van der Waals surface area contributed by atoms with E-state index in [2.05, 4.69) is 4.98 Å². The summed E-state index contributed by atoms with van der Waals surface area (Å²) >= 11 is 0. The number of aryl methyl sites for hydroxylation is 2. The maximum absolute atomic E-state index is 13.1. The SMILES string of the molecule is Cc1ccc(C(=O)N2CCN(S(=O)(=O)c3ccc(C#N)cc3C)C[C@@H]2C)cn1. The third-order valence-electron chi connectivity index (χ3n) is 4.93. The third-order valence-corrected chi connectivity index (χ3v) is 6.96. The molecule has 0 aliphatic carbocycles. The molecule has 0 N–H and O–H groups in total. The highest BCUT2D eigenvalue weighted by Gasteiger charge is 2.35. The van der Waals surface area contributed by atoms with Crippen molar-refractivity contribution < 1.29 is 13.2 Å². The maximum atomic E-state index is 13.1. The van der Waals surface area contributed by atoms with Crippen molar-refractivity contribution >= 4 is 15.9 Å². The van der Waals surface area contributed by atoms with E-state index in [0.717, 1.165) is 5.69 Å². The Kier molecular flexibility index (Phi) is 5.49. The topological polar surface area (TPSA) is 94.4 Å². The predicted octanol–water partition coefficient (Wildman–Crippen LogP) is 2.11. The van der Waals surface area contributed by atoms with E-state index in [1.54, 1.807) is 36.2 Å². The van der Waals surface area contributed by atoms with Crippen LogP contribution in [0.5, 0.6) is 0 Å². The summed E-state index contributed by atoms with van der Waals surface area (Å²) in [5, 5.41) is 8.98. The predicted molar refractivity (Wildman–Crippen MR) is 104 cm³/mol. The van der Waals surface area contributed by atoms with Crippen molar-refractivity contribution in [3.63, 3.8) is 0 Å². The number of aromatic nitrogens is 1. The fourth-order valence-corrected chi connectivity index (χ4v) is 5.07. The number of nitrogens with zero attached hydrogens (tertiary/aromatic N) is 4. The lowest BCUT2D eigenvalue weighted by Gasteiger charge is -2.39. The van der Waals surface area contributed by atoms with Gasteiger partial charge >= 0.3 is 0 Å². The lowest BCUT2D eigenvalue weighted by Crippen LogP contribution is -2.55. The summed E-state index contributed by atoms with van der Waals surface area (Å²) in [6.07, 6.45) is 1.55. The Hall–Kier alpha value is -2.76. The molecule has 28 heavy (non-hydrogen) atoms. The molecular formula is C20H22N4O3S. The monoisotopic (exact) mass is 398 g/mol. The first-order chi connectivity index (χ1) is 13.2. The zero-order chi connectivity index (χ0) is 20.5. The van der Waals surface area contributed by atoms with Crippen molar-refractivity contribution in [1.82, 2.24) is 14.2 Å². The van der Waals surface area contributed by atoms with Crippen LogP contribution in [0, 0.1) is 25.2 Å². The Balaban J connectivity index is 1.78. The summed E-state index contributed by atoms with van der Waals surface area (Å²) in [6, 6.07) is 9.82. The Morgan fingerprint density at radius 1 is 1.21 bits per heavy atom. The van der Waals surface area contributed by atoms with E-state index in [4.69, 9.17) is 5.26 Å². The number of piperazine rings is 1. The molecule has 2 aromatic rings. The Labute approximate surface area is 165 Å². The molecule has 1 amide bonds. The fourth-order valence-electron chi connectivity index (χ4n) is 3.35. The van der Waals surface area contributed by atoms with Crippen LogP contribution in [-0.4, -0.2) is 54.2 Å². The number of hydrogen-bond donors (Lipinski definition) is 0. The zero-order valence-corrected chi connectivity index (χ0v) is 16.9. The second kappa shape index (κ2) is 7.70. The van der Waals surface area contributed by atoms with Gasteiger partial charge < -0.3 is 4.90 Å². The quantitative estimate of drug-likeness (QED) is 0.789. The van der Waals surface area contributed by atoms with Crippen LogP contribution in [-0.2, 0) is 10.0 Å². The van der Waals surface area contributed by atoms with Crippen molar-refractivity contribution in [3.8, 4) is 6.07 Å². The van der Waals surface area contributed by atoms with Crippen molar-refractivity contribution in [1.29, 1.82) is 5.26 Å². The summed E-state index contributed by atoms with van der Waals surface area (Å²) in [7, 11) is -3.70. The van der Waals surface area contributed by atoms with Gasteiger partial charge in [0.1, 0.15) is 0 Å². The Bertz CT molecular complexity index is 1040. The molecular weight excluding hydrogens is 376 g/mol. The van der Waals surface area contributed by atoms with E-state index < -0.39 is 10.0 Å². The van der Waals surface area contributed by atoms with E-state index in [-0.39, 0.29) is 29.9 Å². The number of amides is 1. The lowest BCUT2D eigenvalue weighted by molar-refractivity contribution is 0.0591. The third kappa shape index (κ3) is 3.77. The zero-order valence-electron chi connectivity index (χ0n) is 16.1. The van der Waals surface area contributed by atoms with Crippen molar-refractivity contribution in [3.05, 3.63) is 58.9 Å². The van der Waals surface area contributed by atoms with Gasteiger partial charge in [-0.25, -0.2) is 8.42 Å². The van der Waals surface area contributed by atoms with Gasteiger partial charge in [-0.05, 0) is 56.7 Å². The molecule has 1 aromatic carbocycles. The van der Waals surface area contributed by atoms with Crippen molar-refractivity contribution in [2.75, 3.05) is 19.6 Å². The molecule has 7 nitrogen and oxygen atoms in total. The van der Waals surface area contributed by atoms with Gasteiger partial charge in [0.2, 0.25) is 10.0 Å². The van der Waals surface area contributed by atoms with E-state index >= 15 is 0 Å². The number of hydrogen-bond acceptors (Lipinski definition) is 5. The average molecular weight is 398 g/mol. The van der Waals surface area contributed by atoms with E-state index in [9.17, 15) is 13.2 Å². The Morgan fingerprint density at radius 2 is 1.96 bits per heavy atom. The molecule has 1 saturated heterocycles. The van der Waals surface area contributed by atoms with Crippen molar-refractivity contribution in [2.24, 2.45) is 0 Å². The largest absolute Gasteiger partial charge is 0.333 e. The van der Waals surface area contributed by atoms with Crippen LogP contribution in [0.15, 0.2) is 41.4 Å². The van der Waals surface area contributed by atoms with E-state index in [1.807, 2.05) is 19.9 Å². The molecule has 1 aromatic heterocycles. The summed E-state index contributed by atoms with van der Waals surface area (Å²) in [4.78, 5) is 18.8. The first kappa shape index (κ1) is 20.0. The highest BCUT2D eigenvalue weighted by molar-refractivity contribution is 7.89. The van der Waals surface area contributed by atoms with Gasteiger partial charge in [-0.3, -0.25) is 9.78 Å².